The number of hydrogen-bond donors (Lipinski definition) is 2. The summed E-state index contributed by atoms with van der Waals surface area (Å²) in [5.41, 5.74) is 1.46. The standard InChI is InChI=1S/C18H16F7N5O3/c19-16(20)33-15-11(18(23,24)25)12(30(29-15)7-8-1-3-17(21,22)6-8)14(32)28-9-2-4-27-10(5-9)13(26)31/h2,4-5,8,16H,1,3,6-7H2,(H2,26,31)(H,27,28,32). The van der Waals surface area contributed by atoms with Gasteiger partial charge in [-0.3, -0.25) is 19.3 Å². The van der Waals surface area contributed by atoms with Crippen molar-refractivity contribution in [2.45, 2.75) is 44.5 Å². The van der Waals surface area contributed by atoms with Crippen LogP contribution in [0.25, 0.3) is 0 Å². The summed E-state index contributed by atoms with van der Waals surface area (Å²) in [5.74, 6) is -7.92. The molecule has 1 aliphatic rings. The maximum absolute atomic E-state index is 13.7. The van der Waals surface area contributed by atoms with E-state index in [1.165, 1.54) is 0 Å². The number of nitrogens with one attached hydrogen (secondary N) is 1. The van der Waals surface area contributed by atoms with Crippen LogP contribution < -0.4 is 15.8 Å². The van der Waals surface area contributed by atoms with Crippen LogP contribution in [0, 0.1) is 5.92 Å². The number of amides is 2. The Balaban J connectivity index is 2.04. The molecule has 2 aromatic rings. The number of nitrogens with zero attached hydrogens (tertiary/aromatic N) is 3. The summed E-state index contributed by atoms with van der Waals surface area (Å²) in [5, 5.41) is 5.41. The minimum atomic E-state index is -5.36. The van der Waals surface area contributed by atoms with E-state index in [-0.39, 0.29) is 17.8 Å². The highest BCUT2D eigenvalue weighted by Gasteiger charge is 2.45. The van der Waals surface area contributed by atoms with E-state index in [0.29, 0.717) is 4.68 Å². The molecule has 0 aromatic carbocycles. The van der Waals surface area contributed by atoms with Gasteiger partial charge in [0.1, 0.15) is 11.4 Å². The smallest absolute Gasteiger partial charge is 0.415 e. The summed E-state index contributed by atoms with van der Waals surface area (Å²) in [4.78, 5) is 27.6. The summed E-state index contributed by atoms with van der Waals surface area (Å²) < 4.78 is 98.0. The Morgan fingerprint density at radius 2 is 2.03 bits per heavy atom. The van der Waals surface area contributed by atoms with Gasteiger partial charge in [0.2, 0.25) is 5.92 Å². The molecule has 15 heteroatoms. The molecule has 1 atom stereocenters. The number of rotatable bonds is 7. The Labute approximate surface area is 180 Å². The fourth-order valence-corrected chi connectivity index (χ4v) is 3.50. The van der Waals surface area contributed by atoms with Crippen molar-refractivity contribution in [3.63, 3.8) is 0 Å². The number of anilines is 1. The first-order chi connectivity index (χ1) is 15.3. The molecule has 1 unspecified atom stereocenters. The molecule has 0 spiro atoms. The Morgan fingerprint density at radius 3 is 2.58 bits per heavy atom. The topological polar surface area (TPSA) is 112 Å². The predicted octanol–water partition coefficient (Wildman–Crippen LogP) is 3.68. The largest absolute Gasteiger partial charge is 0.423 e. The molecule has 0 aliphatic heterocycles. The Kier molecular flexibility index (Phi) is 6.51. The lowest BCUT2D eigenvalue weighted by Gasteiger charge is -2.15. The average Bonchev–Trinajstić information content (AvgIpc) is 3.20. The molecule has 2 aromatic heterocycles. The highest BCUT2D eigenvalue weighted by Crippen LogP contribution is 2.42. The van der Waals surface area contributed by atoms with Gasteiger partial charge in [0.15, 0.2) is 5.56 Å². The number of aromatic nitrogens is 3. The van der Waals surface area contributed by atoms with Crippen LogP contribution in [-0.2, 0) is 12.7 Å². The minimum Gasteiger partial charge on any atom is -0.415 e. The zero-order valence-electron chi connectivity index (χ0n) is 16.5. The molecule has 1 saturated carbocycles. The van der Waals surface area contributed by atoms with Gasteiger partial charge in [0.25, 0.3) is 17.7 Å². The molecule has 3 N–H and O–H groups in total. The zero-order chi connectivity index (χ0) is 24.6. The van der Waals surface area contributed by atoms with Crippen molar-refractivity contribution < 1.29 is 45.1 Å². The molecule has 0 bridgehead atoms. The molecule has 3 rings (SSSR count). The van der Waals surface area contributed by atoms with Gasteiger partial charge in [-0.15, -0.1) is 5.10 Å². The van der Waals surface area contributed by atoms with Crippen LogP contribution >= 0.6 is 0 Å². The number of primary amides is 1. The van der Waals surface area contributed by atoms with E-state index >= 15 is 0 Å². The monoisotopic (exact) mass is 483 g/mol. The molecule has 0 saturated heterocycles. The molecule has 33 heavy (non-hydrogen) atoms. The normalized spacial score (nSPS) is 17.9. The second-order valence-electron chi connectivity index (χ2n) is 7.30. The summed E-state index contributed by atoms with van der Waals surface area (Å²) >= 11 is 0. The van der Waals surface area contributed by atoms with Crippen LogP contribution in [0.3, 0.4) is 0 Å². The lowest BCUT2D eigenvalue weighted by Crippen LogP contribution is -2.24. The molecule has 1 aliphatic carbocycles. The van der Waals surface area contributed by atoms with Gasteiger partial charge < -0.3 is 15.8 Å². The SMILES string of the molecule is NC(=O)c1cc(NC(=O)c2c(C(F)(F)F)c(OC(F)F)nn2CC2CCC(F)(F)C2)ccn1. The summed E-state index contributed by atoms with van der Waals surface area (Å²) in [6.45, 7) is -4.27. The van der Waals surface area contributed by atoms with E-state index in [9.17, 15) is 40.3 Å². The Morgan fingerprint density at radius 1 is 1.33 bits per heavy atom. The van der Waals surface area contributed by atoms with E-state index in [2.05, 4.69) is 20.1 Å². The second kappa shape index (κ2) is 8.86. The molecule has 2 amide bonds. The zero-order valence-corrected chi connectivity index (χ0v) is 16.5. The molecular formula is C18H16F7N5O3. The van der Waals surface area contributed by atoms with Gasteiger partial charge in [0, 0.05) is 31.3 Å². The number of halogens is 7. The van der Waals surface area contributed by atoms with Crippen LogP contribution in [0.5, 0.6) is 5.88 Å². The fraction of sp³-hybridized carbons (Fsp3) is 0.444. The maximum Gasteiger partial charge on any atom is 0.423 e. The third kappa shape index (κ3) is 5.70. The van der Waals surface area contributed by atoms with Crippen LogP contribution in [0.1, 0.15) is 45.8 Å². The second-order valence-corrected chi connectivity index (χ2v) is 7.30. The van der Waals surface area contributed by atoms with Gasteiger partial charge in [-0.1, -0.05) is 0 Å². The van der Waals surface area contributed by atoms with Crippen molar-refractivity contribution in [3.8, 4) is 5.88 Å². The van der Waals surface area contributed by atoms with E-state index in [0.717, 1.165) is 18.3 Å². The van der Waals surface area contributed by atoms with Crippen molar-refractivity contribution >= 4 is 17.5 Å². The molecular weight excluding hydrogens is 467 g/mol. The van der Waals surface area contributed by atoms with Gasteiger partial charge in [-0.25, -0.2) is 8.78 Å². The van der Waals surface area contributed by atoms with Crippen molar-refractivity contribution in [2.75, 3.05) is 5.32 Å². The summed E-state index contributed by atoms with van der Waals surface area (Å²) in [6.07, 6.45) is -5.58. The lowest BCUT2D eigenvalue weighted by atomic mass is 10.1. The van der Waals surface area contributed by atoms with Crippen LogP contribution in [0.4, 0.5) is 36.4 Å². The van der Waals surface area contributed by atoms with E-state index in [1.54, 1.807) is 0 Å². The number of carbonyl (C=O) groups excluding carboxylic acids is 2. The molecule has 0 radical (unpaired) electrons. The molecule has 2 heterocycles. The average molecular weight is 483 g/mol. The number of pyridine rings is 1. The molecule has 8 nitrogen and oxygen atoms in total. The first kappa shape index (κ1) is 24.3. The predicted molar refractivity (Wildman–Crippen MR) is 96.9 cm³/mol. The Hall–Kier alpha value is -3.39. The van der Waals surface area contributed by atoms with Crippen LogP contribution in [0.2, 0.25) is 0 Å². The van der Waals surface area contributed by atoms with Crippen molar-refractivity contribution in [1.29, 1.82) is 0 Å². The third-order valence-corrected chi connectivity index (χ3v) is 4.83. The molecule has 1 fully saturated rings. The fourth-order valence-electron chi connectivity index (χ4n) is 3.50. The van der Waals surface area contributed by atoms with Gasteiger partial charge in [-0.2, -0.15) is 22.0 Å². The van der Waals surface area contributed by atoms with E-state index in [1.807, 2.05) is 0 Å². The number of hydrogen-bond acceptors (Lipinski definition) is 5. The van der Waals surface area contributed by atoms with Crippen LogP contribution in [-0.4, -0.2) is 39.1 Å². The van der Waals surface area contributed by atoms with Crippen molar-refractivity contribution in [1.82, 2.24) is 14.8 Å². The Bertz CT molecular complexity index is 1050. The number of carbonyl (C=O) groups is 2. The highest BCUT2D eigenvalue weighted by molar-refractivity contribution is 6.05. The highest BCUT2D eigenvalue weighted by atomic mass is 19.4. The summed E-state index contributed by atoms with van der Waals surface area (Å²) in [7, 11) is 0. The van der Waals surface area contributed by atoms with E-state index in [4.69, 9.17) is 5.73 Å². The van der Waals surface area contributed by atoms with Gasteiger partial charge >= 0.3 is 12.8 Å². The first-order valence-electron chi connectivity index (χ1n) is 9.34. The minimum absolute atomic E-state index is 0.0768. The van der Waals surface area contributed by atoms with Crippen molar-refractivity contribution in [3.05, 3.63) is 35.3 Å². The van der Waals surface area contributed by atoms with Gasteiger partial charge in [0.05, 0.1) is 0 Å². The number of alkyl halides is 7. The molecule has 180 valence electrons. The van der Waals surface area contributed by atoms with E-state index < -0.39 is 73.0 Å². The maximum atomic E-state index is 13.7. The number of ether oxygens (including phenoxy) is 1. The quantitative estimate of drug-likeness (QED) is 0.584. The lowest BCUT2D eigenvalue weighted by molar-refractivity contribution is -0.142. The third-order valence-electron chi connectivity index (χ3n) is 4.83. The van der Waals surface area contributed by atoms with Crippen LogP contribution in [0.15, 0.2) is 18.3 Å². The first-order valence-corrected chi connectivity index (χ1v) is 9.34. The number of nitrogens with two attached hydrogens (primary N) is 1. The summed E-state index contributed by atoms with van der Waals surface area (Å²) in [6, 6.07) is 2.11. The van der Waals surface area contributed by atoms with Crippen molar-refractivity contribution in [2.24, 2.45) is 11.7 Å². The van der Waals surface area contributed by atoms with Gasteiger partial charge in [-0.05, 0) is 24.5 Å².